The highest BCUT2D eigenvalue weighted by atomic mass is 32.1. The Bertz CT molecular complexity index is 1220. The average molecular weight is 421 g/mol. The zero-order valence-corrected chi connectivity index (χ0v) is 17.9. The lowest BCUT2D eigenvalue weighted by atomic mass is 9.99. The molecule has 1 N–H and O–H groups in total. The van der Waals surface area contributed by atoms with E-state index in [1.807, 2.05) is 55.6 Å². The zero-order valence-electron chi connectivity index (χ0n) is 17.0. The maximum Gasteiger partial charge on any atom is 0.274 e. The van der Waals surface area contributed by atoms with Gasteiger partial charge in [0.15, 0.2) is 0 Å². The summed E-state index contributed by atoms with van der Waals surface area (Å²) in [5.41, 5.74) is 3.74. The topological polar surface area (TPSA) is 64.3 Å². The number of thiophene rings is 1. The van der Waals surface area contributed by atoms with E-state index in [4.69, 9.17) is 4.74 Å². The molecular weight excluding hydrogens is 396 g/mol. The molecule has 154 valence electrons. The highest BCUT2D eigenvalue weighted by Crippen LogP contribution is 2.28. The quantitative estimate of drug-likeness (QED) is 0.484. The standard InChI is InChI=1S/C24H24N2O3S/c1-16-9-10-17(2)22(12-16)23-20-7-3-4-8-21(20)24(28)26(25-23)13-18(27)14-29-15-19-6-5-11-30-19/h3-12,18,27H,13-15H2,1-2H3. The first-order valence-corrected chi connectivity index (χ1v) is 10.8. The molecule has 0 saturated heterocycles. The Labute approximate surface area is 179 Å². The molecular formula is C24H24N2O3S. The zero-order chi connectivity index (χ0) is 21.1. The molecule has 0 aliphatic heterocycles. The molecule has 0 amide bonds. The Kier molecular flexibility index (Phi) is 6.08. The predicted octanol–water partition coefficient (Wildman–Crippen LogP) is 4.32. The first-order valence-electron chi connectivity index (χ1n) is 9.88. The van der Waals surface area contributed by atoms with Crippen molar-refractivity contribution in [1.29, 1.82) is 0 Å². The first-order chi connectivity index (χ1) is 14.5. The molecule has 2 heterocycles. The number of ether oxygens (including phenoxy) is 1. The predicted molar refractivity (Wildman–Crippen MR) is 121 cm³/mol. The third kappa shape index (κ3) is 4.36. The van der Waals surface area contributed by atoms with Gasteiger partial charge in [0.1, 0.15) is 0 Å². The molecule has 0 fully saturated rings. The highest BCUT2D eigenvalue weighted by molar-refractivity contribution is 7.09. The van der Waals surface area contributed by atoms with Crippen molar-refractivity contribution in [2.24, 2.45) is 0 Å². The van der Waals surface area contributed by atoms with Crippen LogP contribution < -0.4 is 5.56 Å². The minimum atomic E-state index is -0.831. The van der Waals surface area contributed by atoms with Gasteiger partial charge in [0.2, 0.25) is 0 Å². The van der Waals surface area contributed by atoms with Gasteiger partial charge in [-0.05, 0) is 43.0 Å². The molecule has 0 bridgehead atoms. The van der Waals surface area contributed by atoms with E-state index in [-0.39, 0.29) is 18.7 Å². The lowest BCUT2D eigenvalue weighted by Crippen LogP contribution is -2.31. The summed E-state index contributed by atoms with van der Waals surface area (Å²) in [6, 6.07) is 17.7. The summed E-state index contributed by atoms with van der Waals surface area (Å²) in [5, 5.41) is 18.5. The number of nitrogens with zero attached hydrogens (tertiary/aromatic N) is 2. The van der Waals surface area contributed by atoms with E-state index >= 15 is 0 Å². The van der Waals surface area contributed by atoms with E-state index < -0.39 is 6.10 Å². The van der Waals surface area contributed by atoms with Crippen LogP contribution in [0.3, 0.4) is 0 Å². The van der Waals surface area contributed by atoms with Crippen LogP contribution in [0.2, 0.25) is 0 Å². The molecule has 4 rings (SSSR count). The Morgan fingerprint density at radius 2 is 1.90 bits per heavy atom. The number of fused-ring (bicyclic) bond motifs is 1. The molecule has 30 heavy (non-hydrogen) atoms. The van der Waals surface area contributed by atoms with Gasteiger partial charge in [-0.2, -0.15) is 5.10 Å². The van der Waals surface area contributed by atoms with Crippen LogP contribution in [0.4, 0.5) is 0 Å². The Hall–Kier alpha value is -2.80. The molecule has 2 aromatic carbocycles. The molecule has 2 aromatic heterocycles. The summed E-state index contributed by atoms with van der Waals surface area (Å²) in [6.07, 6.45) is -0.831. The number of aryl methyl sites for hydroxylation is 2. The minimum Gasteiger partial charge on any atom is -0.389 e. The second-order valence-electron chi connectivity index (χ2n) is 7.45. The molecule has 0 spiro atoms. The number of aromatic nitrogens is 2. The highest BCUT2D eigenvalue weighted by Gasteiger charge is 2.16. The largest absolute Gasteiger partial charge is 0.389 e. The van der Waals surface area contributed by atoms with Crippen molar-refractivity contribution < 1.29 is 9.84 Å². The minimum absolute atomic E-state index is 0.0754. The fourth-order valence-corrected chi connectivity index (χ4v) is 4.13. The van der Waals surface area contributed by atoms with Crippen molar-refractivity contribution in [2.45, 2.75) is 33.1 Å². The van der Waals surface area contributed by atoms with Gasteiger partial charge in [0, 0.05) is 15.8 Å². The Morgan fingerprint density at radius 3 is 2.67 bits per heavy atom. The maximum absolute atomic E-state index is 13.0. The maximum atomic E-state index is 13.0. The van der Waals surface area contributed by atoms with E-state index in [0.29, 0.717) is 12.0 Å². The number of aliphatic hydroxyl groups is 1. The number of rotatable bonds is 7. The van der Waals surface area contributed by atoms with Crippen LogP contribution in [0.25, 0.3) is 22.0 Å². The molecule has 0 aliphatic carbocycles. The first kappa shape index (κ1) is 20.5. The molecule has 1 atom stereocenters. The van der Waals surface area contributed by atoms with E-state index in [0.717, 1.165) is 32.6 Å². The van der Waals surface area contributed by atoms with Crippen molar-refractivity contribution in [3.05, 3.63) is 86.3 Å². The number of aliphatic hydroxyl groups excluding tert-OH is 1. The Balaban J connectivity index is 1.65. The van der Waals surface area contributed by atoms with Crippen LogP contribution in [0.1, 0.15) is 16.0 Å². The lowest BCUT2D eigenvalue weighted by Gasteiger charge is -2.16. The van der Waals surface area contributed by atoms with Crippen molar-refractivity contribution in [1.82, 2.24) is 9.78 Å². The third-order valence-electron chi connectivity index (χ3n) is 5.03. The van der Waals surface area contributed by atoms with E-state index in [1.54, 1.807) is 11.3 Å². The van der Waals surface area contributed by atoms with Crippen molar-refractivity contribution in [2.75, 3.05) is 6.61 Å². The molecule has 5 nitrogen and oxygen atoms in total. The SMILES string of the molecule is Cc1ccc(C)c(-c2nn(CC(O)COCc3cccs3)c(=O)c3ccccc23)c1. The van der Waals surface area contributed by atoms with Crippen LogP contribution in [0.5, 0.6) is 0 Å². The summed E-state index contributed by atoms with van der Waals surface area (Å²) >= 11 is 1.61. The molecule has 4 aromatic rings. The van der Waals surface area contributed by atoms with Gasteiger partial charge in [-0.15, -0.1) is 11.3 Å². The molecule has 1 unspecified atom stereocenters. The van der Waals surface area contributed by atoms with Crippen molar-refractivity contribution in [3.8, 4) is 11.3 Å². The molecule has 0 radical (unpaired) electrons. The summed E-state index contributed by atoms with van der Waals surface area (Å²) < 4.78 is 6.97. The van der Waals surface area contributed by atoms with E-state index in [2.05, 4.69) is 23.3 Å². The number of hydrogen-bond acceptors (Lipinski definition) is 5. The van der Waals surface area contributed by atoms with Crippen LogP contribution in [-0.2, 0) is 17.9 Å². The average Bonchev–Trinajstić information content (AvgIpc) is 3.26. The molecule has 0 saturated carbocycles. The van der Waals surface area contributed by atoms with Crippen LogP contribution >= 0.6 is 11.3 Å². The smallest absolute Gasteiger partial charge is 0.274 e. The van der Waals surface area contributed by atoms with Gasteiger partial charge in [-0.1, -0.05) is 42.0 Å². The normalized spacial score (nSPS) is 12.4. The monoisotopic (exact) mass is 420 g/mol. The van der Waals surface area contributed by atoms with Gasteiger partial charge in [0.05, 0.1) is 36.9 Å². The van der Waals surface area contributed by atoms with Gasteiger partial charge in [-0.3, -0.25) is 4.79 Å². The third-order valence-corrected chi connectivity index (χ3v) is 5.88. The van der Waals surface area contributed by atoms with Crippen molar-refractivity contribution in [3.63, 3.8) is 0 Å². The molecule has 0 aliphatic rings. The lowest BCUT2D eigenvalue weighted by molar-refractivity contribution is 0.0190. The van der Waals surface area contributed by atoms with E-state index in [9.17, 15) is 9.90 Å². The summed E-state index contributed by atoms with van der Waals surface area (Å²) in [4.78, 5) is 14.1. The van der Waals surface area contributed by atoms with Crippen molar-refractivity contribution >= 4 is 22.1 Å². The van der Waals surface area contributed by atoms with Gasteiger partial charge in [-0.25, -0.2) is 4.68 Å². The van der Waals surface area contributed by atoms with Crippen LogP contribution in [-0.4, -0.2) is 27.6 Å². The van der Waals surface area contributed by atoms with E-state index in [1.165, 1.54) is 4.68 Å². The van der Waals surface area contributed by atoms with Crippen LogP contribution in [0, 0.1) is 13.8 Å². The summed E-state index contributed by atoms with van der Waals surface area (Å²) in [7, 11) is 0. The molecule has 6 heteroatoms. The van der Waals surface area contributed by atoms with Crippen LogP contribution in [0.15, 0.2) is 64.8 Å². The second kappa shape index (κ2) is 8.92. The van der Waals surface area contributed by atoms with Gasteiger partial charge < -0.3 is 9.84 Å². The fraction of sp³-hybridized carbons (Fsp3) is 0.250. The Morgan fingerprint density at radius 1 is 1.10 bits per heavy atom. The number of hydrogen-bond donors (Lipinski definition) is 1. The van der Waals surface area contributed by atoms with Gasteiger partial charge >= 0.3 is 0 Å². The summed E-state index contributed by atoms with van der Waals surface area (Å²) in [5.74, 6) is 0. The second-order valence-corrected chi connectivity index (χ2v) is 8.48. The number of benzene rings is 2. The fourth-order valence-electron chi connectivity index (χ4n) is 3.49. The summed E-state index contributed by atoms with van der Waals surface area (Å²) in [6.45, 7) is 4.73. The van der Waals surface area contributed by atoms with Gasteiger partial charge in [0.25, 0.3) is 5.56 Å².